The van der Waals surface area contributed by atoms with E-state index in [1.165, 1.54) is 26.3 Å². The molecule has 1 fully saturated rings. The first kappa shape index (κ1) is 30.1. The number of allylic oxidation sites excluding steroid dienone is 6. The van der Waals surface area contributed by atoms with Gasteiger partial charge < -0.3 is 9.84 Å². The number of hydrogen-bond donors (Lipinski definition) is 1. The molecule has 1 aromatic heterocycles. The van der Waals surface area contributed by atoms with Crippen LogP contribution in [0.3, 0.4) is 0 Å². The minimum Gasteiger partial charge on any atom is -0.507 e. The number of aromatic hydroxyl groups is 1. The van der Waals surface area contributed by atoms with Gasteiger partial charge in [-0.2, -0.15) is 18.2 Å². The van der Waals surface area contributed by atoms with E-state index >= 15 is 0 Å². The highest BCUT2D eigenvalue weighted by Gasteiger charge is 2.58. The van der Waals surface area contributed by atoms with Gasteiger partial charge in [0, 0.05) is 41.8 Å². The van der Waals surface area contributed by atoms with E-state index < -0.39 is 64.7 Å². The van der Waals surface area contributed by atoms with Gasteiger partial charge in [-0.25, -0.2) is 4.98 Å². The van der Waals surface area contributed by atoms with Gasteiger partial charge in [0.15, 0.2) is 17.4 Å². The Morgan fingerprint density at radius 3 is 2.50 bits per heavy atom. The van der Waals surface area contributed by atoms with Gasteiger partial charge in [-0.05, 0) is 52.9 Å². The summed E-state index contributed by atoms with van der Waals surface area (Å²) in [6, 6.07) is 6.23. The number of Topliss-reactive ketones (excluding diaryl/α,β-unsaturated/α-hetero) is 1. The average molecular weight is 693 g/mol. The number of carbonyl (C=O) groups is 4. The summed E-state index contributed by atoms with van der Waals surface area (Å²) in [5.74, 6) is -6.10. The van der Waals surface area contributed by atoms with Crippen molar-refractivity contribution in [3.05, 3.63) is 80.0 Å². The van der Waals surface area contributed by atoms with Crippen molar-refractivity contribution in [2.75, 3.05) is 19.2 Å². The average Bonchev–Trinajstić information content (AvgIpc) is 3.23. The molecule has 2 amide bonds. The third-order valence-corrected chi connectivity index (χ3v) is 9.47. The van der Waals surface area contributed by atoms with Crippen molar-refractivity contribution >= 4 is 56.7 Å². The predicted molar refractivity (Wildman–Crippen MR) is 154 cm³/mol. The number of ether oxygens (including phenoxy) is 1. The van der Waals surface area contributed by atoms with Crippen molar-refractivity contribution in [3.8, 4) is 11.5 Å². The minimum absolute atomic E-state index is 0.0393. The van der Waals surface area contributed by atoms with Crippen LogP contribution in [-0.4, -0.2) is 52.6 Å². The maximum absolute atomic E-state index is 14.1. The van der Waals surface area contributed by atoms with Gasteiger partial charge in [0.1, 0.15) is 17.2 Å². The molecule has 1 aromatic carbocycles. The largest absolute Gasteiger partial charge is 0.507 e. The molecule has 3 aliphatic carbocycles. The molecule has 2 aromatic rings. The molecular formula is C30H22BrClF3N3O6. The third kappa shape index (κ3) is 4.55. The Labute approximate surface area is 261 Å². The molecular weight excluding hydrogens is 671 g/mol. The third-order valence-electron chi connectivity index (χ3n) is 8.58. The minimum atomic E-state index is -4.80. The van der Waals surface area contributed by atoms with E-state index in [4.69, 9.17) is 16.3 Å². The monoisotopic (exact) mass is 691 g/mol. The molecule has 228 valence electrons. The van der Waals surface area contributed by atoms with E-state index in [1.807, 2.05) is 0 Å². The van der Waals surface area contributed by atoms with Crippen molar-refractivity contribution in [1.29, 1.82) is 0 Å². The Bertz CT molecular complexity index is 1770. The summed E-state index contributed by atoms with van der Waals surface area (Å²) in [4.78, 5) is 58.1. The number of aromatic nitrogens is 1. The number of hydrogen-bond acceptors (Lipinski definition) is 8. The van der Waals surface area contributed by atoms with Crippen LogP contribution in [-0.2, 0) is 25.4 Å². The van der Waals surface area contributed by atoms with Gasteiger partial charge in [0.25, 0.3) is 11.8 Å². The summed E-state index contributed by atoms with van der Waals surface area (Å²) in [5.41, 5.74) is -0.0329. The molecule has 0 radical (unpaired) electrons. The van der Waals surface area contributed by atoms with Crippen LogP contribution < -0.4 is 9.75 Å². The number of rotatable bonds is 4. The number of nitrogens with zero attached hydrogens (tertiary/aromatic N) is 3. The highest BCUT2D eigenvalue weighted by Crippen LogP contribution is 2.56. The van der Waals surface area contributed by atoms with Crippen LogP contribution in [0.25, 0.3) is 0 Å². The first-order chi connectivity index (χ1) is 20.7. The predicted octanol–water partition coefficient (Wildman–Crippen LogP) is 5.28. The molecule has 0 saturated carbocycles. The Balaban J connectivity index is 1.44. The zero-order valence-electron chi connectivity index (χ0n) is 23.0. The summed E-state index contributed by atoms with van der Waals surface area (Å²) in [7, 11) is 2.65. The van der Waals surface area contributed by atoms with E-state index in [0.29, 0.717) is 23.0 Å². The summed E-state index contributed by atoms with van der Waals surface area (Å²) in [6.45, 7) is 0. The molecule has 4 unspecified atom stereocenters. The van der Waals surface area contributed by atoms with Crippen molar-refractivity contribution in [1.82, 2.24) is 9.99 Å². The van der Waals surface area contributed by atoms with Crippen molar-refractivity contribution in [2.24, 2.45) is 17.8 Å². The fraction of sp³-hybridized carbons (Fsp3) is 0.300. The number of pyridine rings is 1. The number of fused-ring (bicyclic) bond motifs is 3. The normalized spacial score (nSPS) is 24.9. The molecule has 1 N–H and O–H groups in total. The summed E-state index contributed by atoms with van der Waals surface area (Å²) in [5, 5.41) is 12.4. The van der Waals surface area contributed by atoms with Crippen LogP contribution in [0.2, 0.25) is 5.02 Å². The number of alkyl halides is 3. The van der Waals surface area contributed by atoms with Crippen molar-refractivity contribution in [2.45, 2.75) is 24.9 Å². The summed E-state index contributed by atoms with van der Waals surface area (Å²) >= 11 is 9.33. The van der Waals surface area contributed by atoms with Gasteiger partial charge in [-0.15, -0.1) is 0 Å². The zero-order chi connectivity index (χ0) is 31.8. The molecule has 14 heteroatoms. The number of amides is 2. The number of methoxy groups -OCH3 is 1. The highest BCUT2D eigenvalue weighted by atomic mass is 79.9. The molecule has 9 nitrogen and oxygen atoms in total. The van der Waals surface area contributed by atoms with Crippen LogP contribution in [0.5, 0.6) is 11.5 Å². The number of ketones is 2. The molecule has 2 heterocycles. The highest BCUT2D eigenvalue weighted by molar-refractivity contribution is 9.12. The van der Waals surface area contributed by atoms with Crippen LogP contribution >= 0.6 is 27.5 Å². The standard InChI is InChI=1S/C30H22BrClF3N3O6/c1-37(27-19(32)7-8-22(36-27)30(33,34)35)38-28(42)15-6-5-13-16(24(15)29(38)43)10-17-25(21(40)11-18(31)26(17)41)23(13)14-4-3-12(44-2)9-20(14)39/h3-5,7-9,11,15-16,23-24,39H,6,10H2,1-2H3. The topological polar surface area (TPSA) is 117 Å². The van der Waals surface area contributed by atoms with Gasteiger partial charge in [0.2, 0.25) is 0 Å². The Kier molecular flexibility index (Phi) is 7.23. The lowest BCUT2D eigenvalue weighted by Crippen LogP contribution is -2.46. The van der Waals surface area contributed by atoms with Crippen LogP contribution in [0.15, 0.2) is 63.7 Å². The molecule has 44 heavy (non-hydrogen) atoms. The molecule has 4 atom stereocenters. The molecule has 1 saturated heterocycles. The van der Waals surface area contributed by atoms with Gasteiger partial charge in [0.05, 0.1) is 28.5 Å². The lowest BCUT2D eigenvalue weighted by Gasteiger charge is -2.42. The smallest absolute Gasteiger partial charge is 0.433 e. The maximum Gasteiger partial charge on any atom is 0.433 e. The van der Waals surface area contributed by atoms with Gasteiger partial charge >= 0.3 is 6.18 Å². The fourth-order valence-electron chi connectivity index (χ4n) is 6.65. The zero-order valence-corrected chi connectivity index (χ0v) is 25.3. The second-order valence-electron chi connectivity index (χ2n) is 10.8. The number of benzene rings is 1. The van der Waals surface area contributed by atoms with E-state index in [0.717, 1.165) is 16.1 Å². The molecule has 6 rings (SSSR count). The SMILES string of the molecule is COc1ccc(C2C3=CCC4C(=O)N(N(C)c5nc(C(F)(F)F)ccc5Cl)C(=O)C4C3CC3=C2C(=O)C=C(Br)C3=O)c(O)c1. The number of phenols is 1. The van der Waals surface area contributed by atoms with E-state index in [9.17, 15) is 37.5 Å². The Morgan fingerprint density at radius 1 is 1.11 bits per heavy atom. The molecule has 0 spiro atoms. The van der Waals surface area contributed by atoms with Crippen LogP contribution in [0.4, 0.5) is 19.0 Å². The second kappa shape index (κ2) is 10.6. The number of halogens is 5. The maximum atomic E-state index is 14.1. The second-order valence-corrected chi connectivity index (χ2v) is 12.1. The van der Waals surface area contributed by atoms with Crippen molar-refractivity contribution < 1.29 is 42.2 Å². The van der Waals surface area contributed by atoms with Crippen molar-refractivity contribution in [3.63, 3.8) is 0 Å². The lowest BCUT2D eigenvalue weighted by molar-refractivity contribution is -0.141. The van der Waals surface area contributed by atoms with E-state index in [2.05, 4.69) is 20.9 Å². The number of carbonyl (C=O) groups excluding carboxylic acids is 4. The first-order valence-electron chi connectivity index (χ1n) is 13.4. The number of phenolic OH excluding ortho intramolecular Hbond substituents is 1. The summed E-state index contributed by atoms with van der Waals surface area (Å²) < 4.78 is 45.5. The van der Waals surface area contributed by atoms with Gasteiger partial charge in [-0.1, -0.05) is 29.3 Å². The summed E-state index contributed by atoms with van der Waals surface area (Å²) in [6.07, 6.45) is -1.84. The molecule has 4 aliphatic rings. The Morgan fingerprint density at radius 2 is 1.84 bits per heavy atom. The number of hydrazine groups is 1. The lowest BCUT2D eigenvalue weighted by atomic mass is 9.59. The van der Waals surface area contributed by atoms with Crippen LogP contribution in [0.1, 0.15) is 30.0 Å². The number of anilines is 1. The first-order valence-corrected chi connectivity index (χ1v) is 14.5. The van der Waals surface area contributed by atoms with Gasteiger partial charge in [-0.3, -0.25) is 24.2 Å². The number of imide groups is 1. The fourth-order valence-corrected chi connectivity index (χ4v) is 7.32. The molecule has 0 bridgehead atoms. The van der Waals surface area contributed by atoms with E-state index in [1.54, 1.807) is 18.2 Å². The van der Waals surface area contributed by atoms with Crippen LogP contribution in [0, 0.1) is 17.8 Å². The Hall–Kier alpha value is -3.97. The quantitative estimate of drug-likeness (QED) is 0.262. The van der Waals surface area contributed by atoms with E-state index in [-0.39, 0.29) is 39.2 Å². The molecule has 1 aliphatic heterocycles.